The molecule has 0 spiro atoms. The Labute approximate surface area is 105 Å². The molecule has 86 valence electrons. The number of nitrogens with zero attached hydrogens (tertiary/aromatic N) is 3. The summed E-state index contributed by atoms with van der Waals surface area (Å²) in [4.78, 5) is 0. The third kappa shape index (κ3) is 1.64. The first kappa shape index (κ1) is 10.5. The Morgan fingerprint density at radius 1 is 1.17 bits per heavy atom. The number of nitriles is 1. The largest absolute Gasteiger partial charge is 0.240 e. The molecule has 3 heteroatoms. The summed E-state index contributed by atoms with van der Waals surface area (Å²) in [6.07, 6.45) is 1.96. The minimum absolute atomic E-state index is 0.674. The van der Waals surface area contributed by atoms with Crippen molar-refractivity contribution >= 4 is 10.9 Å². The summed E-state index contributed by atoms with van der Waals surface area (Å²) in [5.74, 6) is 0. The number of aromatic nitrogens is 2. The van der Waals surface area contributed by atoms with Crippen LogP contribution in [0.5, 0.6) is 0 Å². The molecule has 0 N–H and O–H groups in total. The zero-order valence-electron chi connectivity index (χ0n) is 9.96. The molecule has 0 unspecified atom stereocenters. The SMILES string of the molecule is Cc1cc(C#N)cc2cn(-c3ccccc3)nc12. The molecule has 3 rings (SSSR count). The van der Waals surface area contributed by atoms with Crippen LogP contribution in [0.2, 0.25) is 0 Å². The minimum Gasteiger partial charge on any atom is -0.240 e. The molecule has 0 fully saturated rings. The van der Waals surface area contributed by atoms with Gasteiger partial charge in [0.05, 0.1) is 22.8 Å². The van der Waals surface area contributed by atoms with Crippen LogP contribution < -0.4 is 0 Å². The van der Waals surface area contributed by atoms with E-state index in [1.165, 1.54) is 0 Å². The first-order chi connectivity index (χ1) is 8.78. The first-order valence-corrected chi connectivity index (χ1v) is 5.73. The zero-order chi connectivity index (χ0) is 12.5. The lowest BCUT2D eigenvalue weighted by molar-refractivity contribution is 0.895. The van der Waals surface area contributed by atoms with Crippen molar-refractivity contribution in [1.82, 2.24) is 9.78 Å². The highest BCUT2D eigenvalue weighted by atomic mass is 15.3. The Morgan fingerprint density at radius 3 is 2.67 bits per heavy atom. The Kier molecular flexibility index (Phi) is 2.35. The van der Waals surface area contributed by atoms with Gasteiger partial charge < -0.3 is 0 Å². The van der Waals surface area contributed by atoms with Crippen molar-refractivity contribution in [3.8, 4) is 11.8 Å². The lowest BCUT2D eigenvalue weighted by atomic mass is 10.1. The summed E-state index contributed by atoms with van der Waals surface area (Å²) in [6, 6.07) is 15.9. The molecular weight excluding hydrogens is 222 g/mol. The number of benzene rings is 2. The Bertz CT molecular complexity index is 748. The fourth-order valence-corrected chi connectivity index (χ4v) is 2.09. The van der Waals surface area contributed by atoms with Gasteiger partial charge in [-0.15, -0.1) is 0 Å². The second kappa shape index (κ2) is 4.01. The molecule has 0 aliphatic carbocycles. The fraction of sp³-hybridized carbons (Fsp3) is 0.0667. The van der Waals surface area contributed by atoms with Crippen LogP contribution in [0.1, 0.15) is 11.1 Å². The van der Waals surface area contributed by atoms with Crippen molar-refractivity contribution in [3.63, 3.8) is 0 Å². The average molecular weight is 233 g/mol. The molecule has 0 radical (unpaired) electrons. The van der Waals surface area contributed by atoms with E-state index in [4.69, 9.17) is 5.26 Å². The smallest absolute Gasteiger partial charge is 0.0991 e. The molecule has 0 saturated carbocycles. The molecule has 1 heterocycles. The zero-order valence-corrected chi connectivity index (χ0v) is 9.96. The summed E-state index contributed by atoms with van der Waals surface area (Å²) in [6.45, 7) is 1.98. The third-order valence-electron chi connectivity index (χ3n) is 2.95. The van der Waals surface area contributed by atoms with Gasteiger partial charge in [-0.05, 0) is 36.8 Å². The molecule has 1 aromatic heterocycles. The maximum Gasteiger partial charge on any atom is 0.0991 e. The van der Waals surface area contributed by atoms with E-state index in [0.29, 0.717) is 5.56 Å². The number of aryl methyl sites for hydroxylation is 1. The van der Waals surface area contributed by atoms with Crippen molar-refractivity contribution in [2.75, 3.05) is 0 Å². The summed E-state index contributed by atoms with van der Waals surface area (Å²) in [7, 11) is 0. The summed E-state index contributed by atoms with van der Waals surface area (Å²) < 4.78 is 1.85. The van der Waals surface area contributed by atoms with E-state index < -0.39 is 0 Å². The topological polar surface area (TPSA) is 41.6 Å². The van der Waals surface area contributed by atoms with E-state index in [0.717, 1.165) is 22.2 Å². The molecule has 0 aliphatic heterocycles. The predicted octanol–water partition coefficient (Wildman–Crippen LogP) is 3.21. The summed E-state index contributed by atoms with van der Waals surface area (Å²) >= 11 is 0. The van der Waals surface area contributed by atoms with Crippen molar-refractivity contribution in [2.45, 2.75) is 6.92 Å². The maximum atomic E-state index is 8.97. The second-order valence-corrected chi connectivity index (χ2v) is 4.25. The standard InChI is InChI=1S/C15H11N3/c1-11-7-12(9-16)8-13-10-18(17-15(11)13)14-5-3-2-4-6-14/h2-8,10H,1H3. The molecule has 0 amide bonds. The molecule has 0 bridgehead atoms. The van der Waals surface area contributed by atoms with Crippen LogP contribution >= 0.6 is 0 Å². The molecule has 0 aliphatic rings. The van der Waals surface area contributed by atoms with Gasteiger partial charge in [0.2, 0.25) is 0 Å². The molecule has 3 aromatic rings. The van der Waals surface area contributed by atoms with Crippen LogP contribution in [-0.2, 0) is 0 Å². The maximum absolute atomic E-state index is 8.97. The summed E-state index contributed by atoms with van der Waals surface area (Å²) in [5, 5.41) is 14.5. The Morgan fingerprint density at radius 2 is 1.94 bits per heavy atom. The second-order valence-electron chi connectivity index (χ2n) is 4.25. The number of fused-ring (bicyclic) bond motifs is 1. The highest BCUT2D eigenvalue weighted by Crippen LogP contribution is 2.20. The van der Waals surface area contributed by atoms with Crippen LogP contribution in [0.25, 0.3) is 16.6 Å². The van der Waals surface area contributed by atoms with Gasteiger partial charge in [0.1, 0.15) is 0 Å². The van der Waals surface area contributed by atoms with Crippen molar-refractivity contribution in [2.24, 2.45) is 0 Å². The molecule has 0 saturated heterocycles. The van der Waals surface area contributed by atoms with Crippen LogP contribution in [0.3, 0.4) is 0 Å². The van der Waals surface area contributed by atoms with Gasteiger partial charge in [-0.25, -0.2) is 4.68 Å². The van der Waals surface area contributed by atoms with Gasteiger partial charge in [-0.2, -0.15) is 10.4 Å². The average Bonchev–Trinajstić information content (AvgIpc) is 2.84. The quantitative estimate of drug-likeness (QED) is 0.647. The number of rotatable bonds is 1. The Hall–Kier alpha value is -2.60. The highest BCUT2D eigenvalue weighted by Gasteiger charge is 2.06. The van der Waals surface area contributed by atoms with E-state index in [1.807, 2.05) is 60.3 Å². The molecule has 2 aromatic carbocycles. The fourth-order valence-electron chi connectivity index (χ4n) is 2.09. The lowest BCUT2D eigenvalue weighted by Gasteiger charge is -1.98. The normalized spacial score (nSPS) is 10.4. The number of para-hydroxylation sites is 1. The van der Waals surface area contributed by atoms with Gasteiger partial charge >= 0.3 is 0 Å². The van der Waals surface area contributed by atoms with Gasteiger partial charge in [0.25, 0.3) is 0 Å². The molecule has 18 heavy (non-hydrogen) atoms. The van der Waals surface area contributed by atoms with Gasteiger partial charge in [-0.3, -0.25) is 0 Å². The number of hydrogen-bond donors (Lipinski definition) is 0. The number of hydrogen-bond acceptors (Lipinski definition) is 2. The highest BCUT2D eigenvalue weighted by molar-refractivity contribution is 5.83. The van der Waals surface area contributed by atoms with Crippen molar-refractivity contribution in [3.05, 3.63) is 59.8 Å². The van der Waals surface area contributed by atoms with E-state index >= 15 is 0 Å². The first-order valence-electron chi connectivity index (χ1n) is 5.73. The van der Waals surface area contributed by atoms with E-state index in [9.17, 15) is 0 Å². The molecular formula is C15H11N3. The summed E-state index contributed by atoms with van der Waals surface area (Å²) in [5.41, 5.74) is 3.66. The van der Waals surface area contributed by atoms with Crippen LogP contribution in [0, 0.1) is 18.3 Å². The van der Waals surface area contributed by atoms with Crippen LogP contribution in [0.4, 0.5) is 0 Å². The van der Waals surface area contributed by atoms with Gasteiger partial charge in [0.15, 0.2) is 0 Å². The van der Waals surface area contributed by atoms with Crippen molar-refractivity contribution < 1.29 is 0 Å². The van der Waals surface area contributed by atoms with Crippen molar-refractivity contribution in [1.29, 1.82) is 5.26 Å². The predicted molar refractivity (Wildman–Crippen MR) is 70.5 cm³/mol. The Balaban J connectivity index is 2.24. The van der Waals surface area contributed by atoms with E-state index in [1.54, 1.807) is 0 Å². The van der Waals surface area contributed by atoms with E-state index in [2.05, 4.69) is 11.2 Å². The van der Waals surface area contributed by atoms with Crippen LogP contribution in [0.15, 0.2) is 48.7 Å². The van der Waals surface area contributed by atoms with Gasteiger partial charge in [0, 0.05) is 11.6 Å². The van der Waals surface area contributed by atoms with Gasteiger partial charge in [-0.1, -0.05) is 18.2 Å². The van der Waals surface area contributed by atoms with Crippen LogP contribution in [-0.4, -0.2) is 9.78 Å². The molecule has 3 nitrogen and oxygen atoms in total. The minimum atomic E-state index is 0.674. The molecule has 0 atom stereocenters. The monoisotopic (exact) mass is 233 g/mol. The van der Waals surface area contributed by atoms with E-state index in [-0.39, 0.29) is 0 Å². The lowest BCUT2D eigenvalue weighted by Crippen LogP contribution is -1.93. The third-order valence-corrected chi connectivity index (χ3v) is 2.95.